The highest BCUT2D eigenvalue weighted by molar-refractivity contribution is 6.13. The zero-order chi connectivity index (χ0) is 34.7. The third-order valence-corrected chi connectivity index (χ3v) is 10.2. The summed E-state index contributed by atoms with van der Waals surface area (Å²) in [5.74, 6) is 1.63. The van der Waals surface area contributed by atoms with Crippen LogP contribution < -0.4 is 4.57 Å². The van der Waals surface area contributed by atoms with Gasteiger partial charge in [-0.1, -0.05) is 100 Å². The summed E-state index contributed by atoms with van der Waals surface area (Å²) in [5.41, 5.74) is 15.5. The zero-order valence-corrected chi connectivity index (χ0v) is 29.5. The van der Waals surface area contributed by atoms with Crippen molar-refractivity contribution in [1.82, 2.24) is 4.57 Å². The van der Waals surface area contributed by atoms with Gasteiger partial charge in [0.1, 0.15) is 16.9 Å². The standard InChI is InChI=1S/C46H40N3O/c1-28(2)37-25-35(34-20-18-33(19-21-34)32-12-8-7-9-13-32)26-38(29(3)4)45(37)49-40-15-11-10-14-39(40)48(6)46(49)43-30(5)16-23-41-44(43)36-22-17-31(27-47)24-42(36)50-41/h7-26,28-29H,1-6H3/q+1. The number of para-hydroxylation sites is 2. The second-order valence-electron chi connectivity index (χ2n) is 14.0. The Bertz CT molecular complexity index is 2580. The maximum Gasteiger partial charge on any atom is 0.295 e. The van der Waals surface area contributed by atoms with Crippen molar-refractivity contribution in [3.05, 3.63) is 144 Å². The maximum absolute atomic E-state index is 9.62. The van der Waals surface area contributed by atoms with E-state index in [-0.39, 0.29) is 11.8 Å². The quantitative estimate of drug-likeness (QED) is 0.168. The second-order valence-corrected chi connectivity index (χ2v) is 14.0. The summed E-state index contributed by atoms with van der Waals surface area (Å²) in [6.45, 7) is 11.4. The van der Waals surface area contributed by atoms with Crippen LogP contribution in [-0.4, -0.2) is 4.57 Å². The van der Waals surface area contributed by atoms with Crippen LogP contribution in [0.15, 0.2) is 126 Å². The van der Waals surface area contributed by atoms with E-state index in [2.05, 4.69) is 160 Å². The molecule has 0 amide bonds. The highest BCUT2D eigenvalue weighted by atomic mass is 16.3. The van der Waals surface area contributed by atoms with Crippen LogP contribution in [0, 0.1) is 18.3 Å². The van der Waals surface area contributed by atoms with E-state index >= 15 is 0 Å². The number of nitriles is 1. The summed E-state index contributed by atoms with van der Waals surface area (Å²) in [6, 6.07) is 45.3. The summed E-state index contributed by atoms with van der Waals surface area (Å²) in [6.07, 6.45) is 0. The van der Waals surface area contributed by atoms with Gasteiger partial charge in [-0.2, -0.15) is 9.83 Å². The lowest BCUT2D eigenvalue weighted by atomic mass is 9.87. The average molecular weight is 651 g/mol. The summed E-state index contributed by atoms with van der Waals surface area (Å²) < 4.78 is 11.3. The van der Waals surface area contributed by atoms with Crippen LogP contribution in [0.3, 0.4) is 0 Å². The normalized spacial score (nSPS) is 11.7. The van der Waals surface area contributed by atoms with Crippen LogP contribution in [-0.2, 0) is 7.05 Å². The first kappa shape index (κ1) is 31.4. The predicted octanol–water partition coefficient (Wildman–Crippen LogP) is 11.8. The van der Waals surface area contributed by atoms with Gasteiger partial charge in [-0.25, -0.2) is 4.57 Å². The van der Waals surface area contributed by atoms with Crippen molar-refractivity contribution in [1.29, 1.82) is 5.26 Å². The molecule has 0 N–H and O–H groups in total. The minimum Gasteiger partial charge on any atom is -0.456 e. The predicted molar refractivity (Wildman–Crippen MR) is 206 cm³/mol. The number of furan rings is 1. The lowest BCUT2D eigenvalue weighted by Gasteiger charge is -2.21. The molecular formula is C46H40N3O+. The van der Waals surface area contributed by atoms with Gasteiger partial charge in [0.25, 0.3) is 5.82 Å². The van der Waals surface area contributed by atoms with Crippen LogP contribution in [0.5, 0.6) is 0 Å². The Kier molecular flexibility index (Phi) is 7.65. The molecule has 0 bridgehead atoms. The van der Waals surface area contributed by atoms with Crippen molar-refractivity contribution in [3.63, 3.8) is 0 Å². The van der Waals surface area contributed by atoms with E-state index in [1.807, 2.05) is 18.2 Å². The van der Waals surface area contributed by atoms with Crippen molar-refractivity contribution in [2.24, 2.45) is 7.05 Å². The largest absolute Gasteiger partial charge is 0.456 e. The van der Waals surface area contributed by atoms with Gasteiger partial charge in [0.15, 0.2) is 11.0 Å². The van der Waals surface area contributed by atoms with E-state index in [1.54, 1.807) is 0 Å². The molecule has 50 heavy (non-hydrogen) atoms. The zero-order valence-electron chi connectivity index (χ0n) is 29.5. The summed E-state index contributed by atoms with van der Waals surface area (Å²) in [7, 11) is 2.18. The van der Waals surface area contributed by atoms with E-state index in [9.17, 15) is 5.26 Å². The molecule has 2 heterocycles. The smallest absolute Gasteiger partial charge is 0.295 e. The topological polar surface area (TPSA) is 45.7 Å². The molecule has 244 valence electrons. The van der Waals surface area contributed by atoms with Gasteiger partial charge >= 0.3 is 0 Å². The molecule has 0 saturated carbocycles. The SMILES string of the molecule is Cc1ccc2oc3cc(C#N)ccc3c2c1-c1n(-c2c(C(C)C)cc(-c3ccc(-c4ccccc4)cc3)cc2C(C)C)c2ccccc2[n+]1C. The summed E-state index contributed by atoms with van der Waals surface area (Å²) >= 11 is 0. The Labute approximate surface area is 293 Å². The maximum atomic E-state index is 9.62. The Hall–Kier alpha value is -5.92. The molecule has 0 aliphatic heterocycles. The Balaban J connectivity index is 1.43. The van der Waals surface area contributed by atoms with Crippen molar-refractivity contribution in [2.45, 2.75) is 46.5 Å². The second kappa shape index (κ2) is 12.2. The molecule has 8 rings (SSSR count). The minimum atomic E-state index is 0.265. The number of imidazole rings is 1. The van der Waals surface area contributed by atoms with Crippen LogP contribution >= 0.6 is 0 Å². The summed E-state index contributed by atoms with van der Waals surface area (Å²) in [4.78, 5) is 0. The number of aromatic nitrogens is 2. The van der Waals surface area contributed by atoms with Crippen molar-refractivity contribution >= 4 is 33.0 Å². The molecule has 0 atom stereocenters. The Morgan fingerprint density at radius 1 is 0.660 bits per heavy atom. The Morgan fingerprint density at radius 2 is 1.28 bits per heavy atom. The first-order valence-electron chi connectivity index (χ1n) is 17.4. The molecule has 4 nitrogen and oxygen atoms in total. The van der Waals surface area contributed by atoms with Gasteiger partial charge < -0.3 is 4.42 Å². The molecule has 2 aromatic heterocycles. The molecule has 0 aliphatic rings. The molecule has 0 radical (unpaired) electrons. The van der Waals surface area contributed by atoms with Gasteiger partial charge in [-0.15, -0.1) is 0 Å². The molecule has 0 unspecified atom stereocenters. The molecule has 8 aromatic rings. The molecule has 0 saturated heterocycles. The van der Waals surface area contributed by atoms with Crippen molar-refractivity contribution < 1.29 is 8.98 Å². The first-order chi connectivity index (χ1) is 24.2. The van der Waals surface area contributed by atoms with E-state index in [1.165, 1.54) is 39.1 Å². The average Bonchev–Trinajstić information content (AvgIpc) is 3.65. The number of hydrogen-bond acceptors (Lipinski definition) is 2. The van der Waals surface area contributed by atoms with Gasteiger partial charge in [-0.3, -0.25) is 0 Å². The third-order valence-electron chi connectivity index (χ3n) is 10.2. The van der Waals surface area contributed by atoms with Gasteiger partial charge in [-0.05, 0) is 95.1 Å². The molecule has 6 aromatic carbocycles. The lowest BCUT2D eigenvalue weighted by molar-refractivity contribution is -0.633. The molecule has 0 fully saturated rings. The number of fused-ring (bicyclic) bond motifs is 4. The van der Waals surface area contributed by atoms with Gasteiger partial charge in [0.2, 0.25) is 0 Å². The molecule has 4 heteroatoms. The van der Waals surface area contributed by atoms with Crippen LogP contribution in [0.1, 0.15) is 61.8 Å². The monoisotopic (exact) mass is 650 g/mol. The van der Waals surface area contributed by atoms with E-state index in [4.69, 9.17) is 4.42 Å². The van der Waals surface area contributed by atoms with Crippen molar-refractivity contribution in [3.8, 4) is 45.4 Å². The van der Waals surface area contributed by atoms with Gasteiger partial charge in [0, 0.05) is 21.9 Å². The number of nitrogens with zero attached hydrogens (tertiary/aromatic N) is 3. The third kappa shape index (κ3) is 5.01. The molecule has 0 aliphatic carbocycles. The Morgan fingerprint density at radius 3 is 1.94 bits per heavy atom. The highest BCUT2D eigenvalue weighted by Gasteiger charge is 2.33. The fourth-order valence-electron chi connectivity index (χ4n) is 7.62. The van der Waals surface area contributed by atoms with E-state index in [0.29, 0.717) is 5.56 Å². The number of aryl methyl sites for hydroxylation is 2. The summed E-state index contributed by atoms with van der Waals surface area (Å²) in [5, 5.41) is 11.7. The molecular weight excluding hydrogens is 611 g/mol. The fourth-order valence-corrected chi connectivity index (χ4v) is 7.62. The number of hydrogen-bond donors (Lipinski definition) is 0. The number of rotatable bonds is 6. The highest BCUT2D eigenvalue weighted by Crippen LogP contribution is 2.43. The lowest BCUT2D eigenvalue weighted by Crippen LogP contribution is -2.30. The first-order valence-corrected chi connectivity index (χ1v) is 17.4. The minimum absolute atomic E-state index is 0.265. The van der Waals surface area contributed by atoms with Gasteiger partial charge in [0.05, 0.1) is 24.2 Å². The number of benzene rings is 6. The molecule has 0 spiro atoms. The van der Waals surface area contributed by atoms with E-state index < -0.39 is 0 Å². The van der Waals surface area contributed by atoms with Crippen LogP contribution in [0.2, 0.25) is 0 Å². The fraction of sp³-hybridized carbons (Fsp3) is 0.174. The van der Waals surface area contributed by atoms with Crippen LogP contribution in [0.4, 0.5) is 0 Å². The van der Waals surface area contributed by atoms with Crippen molar-refractivity contribution in [2.75, 3.05) is 0 Å². The van der Waals surface area contributed by atoms with E-state index in [0.717, 1.165) is 49.9 Å². The van der Waals surface area contributed by atoms with Crippen LogP contribution in [0.25, 0.3) is 72.3 Å².